The number of carboxylic acids is 4. The van der Waals surface area contributed by atoms with E-state index in [0.29, 0.717) is 0 Å². The Kier molecular flexibility index (Phi) is 11.9. The predicted molar refractivity (Wildman–Crippen MR) is 103 cm³/mol. The first-order chi connectivity index (χ1) is 14.7. The van der Waals surface area contributed by atoms with Crippen LogP contribution in [0.15, 0.2) is 0 Å². The molecule has 3 amide bonds. The summed E-state index contributed by atoms with van der Waals surface area (Å²) in [5.41, 5.74) is 5.55. The van der Waals surface area contributed by atoms with E-state index >= 15 is 0 Å². The highest BCUT2D eigenvalue weighted by Gasteiger charge is 2.29. The van der Waals surface area contributed by atoms with E-state index in [0.717, 1.165) is 6.92 Å². The Morgan fingerprint density at radius 3 is 1.66 bits per heavy atom. The Labute approximate surface area is 181 Å². The summed E-state index contributed by atoms with van der Waals surface area (Å²) in [6.07, 6.45) is -2.49. The fourth-order valence-electron chi connectivity index (χ4n) is 2.28. The van der Waals surface area contributed by atoms with Gasteiger partial charge in [-0.1, -0.05) is 0 Å². The van der Waals surface area contributed by atoms with Crippen molar-refractivity contribution < 1.29 is 54.0 Å². The zero-order chi connectivity index (χ0) is 25.0. The van der Waals surface area contributed by atoms with Gasteiger partial charge in [0.2, 0.25) is 17.7 Å². The molecule has 4 unspecified atom stereocenters. The molecule has 0 radical (unpaired) electrons. The number of carbonyl (C=O) groups excluding carboxylic acids is 3. The number of hydrogen-bond acceptors (Lipinski definition) is 8. The van der Waals surface area contributed by atoms with E-state index in [1.165, 1.54) is 0 Å². The van der Waals surface area contributed by atoms with Crippen LogP contribution in [0.1, 0.15) is 39.0 Å². The number of carboxylic acid groups (broad SMARTS) is 4. The van der Waals surface area contributed by atoms with Gasteiger partial charge >= 0.3 is 23.9 Å². The van der Waals surface area contributed by atoms with Crippen molar-refractivity contribution in [3.63, 3.8) is 0 Å². The molecule has 0 heterocycles. The Bertz CT molecular complexity index is 755. The minimum Gasteiger partial charge on any atom is -0.481 e. The van der Waals surface area contributed by atoms with Crippen LogP contribution in [0.25, 0.3) is 0 Å². The maximum Gasteiger partial charge on any atom is 0.326 e. The molecule has 0 aromatic heterocycles. The first-order valence-corrected chi connectivity index (χ1v) is 9.29. The van der Waals surface area contributed by atoms with E-state index in [9.17, 15) is 33.6 Å². The smallest absolute Gasteiger partial charge is 0.326 e. The van der Waals surface area contributed by atoms with Gasteiger partial charge in [-0.25, -0.2) is 4.79 Å². The Balaban J connectivity index is 5.14. The fraction of sp³-hybridized carbons (Fsp3) is 0.588. The second-order valence-corrected chi connectivity index (χ2v) is 6.76. The third-order valence-electron chi connectivity index (χ3n) is 4.03. The van der Waals surface area contributed by atoms with Crippen molar-refractivity contribution >= 4 is 41.6 Å². The molecule has 0 spiro atoms. The molecule has 0 aromatic rings. The molecule has 0 saturated heterocycles. The molecule has 0 aliphatic carbocycles. The summed E-state index contributed by atoms with van der Waals surface area (Å²) in [4.78, 5) is 79.8. The standard InChI is InChI=1S/C17H26N4O11/c1-7(14(28)21-10(17(31)32)6-13(26)27)19-16(30)9(3-5-12(24)25)20-15(29)8(18)2-4-11(22)23/h7-10H,2-6,18H2,1H3,(H,19,30)(H,20,29)(H,21,28)(H,22,23)(H,24,25)(H,26,27)(H,31,32). The molecule has 0 aliphatic rings. The highest BCUT2D eigenvalue weighted by molar-refractivity contribution is 5.94. The second kappa shape index (κ2) is 13.5. The lowest BCUT2D eigenvalue weighted by molar-refractivity contribution is -0.147. The van der Waals surface area contributed by atoms with Gasteiger partial charge < -0.3 is 42.1 Å². The van der Waals surface area contributed by atoms with Crippen molar-refractivity contribution in [1.29, 1.82) is 0 Å². The quantitative estimate of drug-likeness (QED) is 0.122. The lowest BCUT2D eigenvalue weighted by Crippen LogP contribution is -2.56. The van der Waals surface area contributed by atoms with Crippen LogP contribution >= 0.6 is 0 Å². The average molecular weight is 462 g/mol. The maximum atomic E-state index is 12.4. The van der Waals surface area contributed by atoms with Crippen LogP contribution in [0.4, 0.5) is 0 Å². The van der Waals surface area contributed by atoms with Crippen LogP contribution < -0.4 is 21.7 Å². The molecule has 0 fully saturated rings. The van der Waals surface area contributed by atoms with Gasteiger partial charge in [0.25, 0.3) is 0 Å². The minimum atomic E-state index is -1.76. The van der Waals surface area contributed by atoms with Crippen LogP contribution in [0.2, 0.25) is 0 Å². The normalized spacial score (nSPS) is 14.2. The third-order valence-corrected chi connectivity index (χ3v) is 4.03. The zero-order valence-electron chi connectivity index (χ0n) is 17.1. The summed E-state index contributed by atoms with van der Waals surface area (Å²) >= 11 is 0. The topological polar surface area (TPSA) is 263 Å². The highest BCUT2D eigenvalue weighted by atomic mass is 16.4. The van der Waals surface area contributed by atoms with Crippen molar-refractivity contribution in [3.05, 3.63) is 0 Å². The van der Waals surface area contributed by atoms with Crippen molar-refractivity contribution in [2.45, 2.75) is 63.2 Å². The van der Waals surface area contributed by atoms with Crippen LogP contribution in [0, 0.1) is 0 Å². The van der Waals surface area contributed by atoms with E-state index in [1.807, 2.05) is 5.32 Å². The molecule has 180 valence electrons. The Morgan fingerprint density at radius 1 is 0.688 bits per heavy atom. The van der Waals surface area contributed by atoms with E-state index in [-0.39, 0.29) is 12.8 Å². The van der Waals surface area contributed by atoms with Gasteiger partial charge in [0.15, 0.2) is 0 Å². The second-order valence-electron chi connectivity index (χ2n) is 6.76. The fourth-order valence-corrected chi connectivity index (χ4v) is 2.28. The largest absolute Gasteiger partial charge is 0.481 e. The summed E-state index contributed by atoms with van der Waals surface area (Å²) < 4.78 is 0. The van der Waals surface area contributed by atoms with Gasteiger partial charge in [0.1, 0.15) is 18.1 Å². The van der Waals surface area contributed by atoms with E-state index in [2.05, 4.69) is 10.6 Å². The summed E-state index contributed by atoms with van der Waals surface area (Å²) in [7, 11) is 0. The summed E-state index contributed by atoms with van der Waals surface area (Å²) in [5, 5.41) is 41.4. The SMILES string of the molecule is CC(NC(=O)C(CCC(=O)O)NC(=O)C(N)CCC(=O)O)C(=O)NC(CC(=O)O)C(=O)O. The van der Waals surface area contributed by atoms with Crippen LogP contribution in [0.3, 0.4) is 0 Å². The summed E-state index contributed by atoms with van der Waals surface area (Å²) in [5.74, 6) is -8.51. The molecule has 15 heteroatoms. The molecule has 15 nitrogen and oxygen atoms in total. The van der Waals surface area contributed by atoms with Gasteiger partial charge in [0.05, 0.1) is 12.5 Å². The van der Waals surface area contributed by atoms with Crippen LogP contribution in [-0.2, 0) is 33.6 Å². The van der Waals surface area contributed by atoms with Crippen molar-refractivity contribution in [1.82, 2.24) is 16.0 Å². The Hall–Kier alpha value is -3.75. The maximum absolute atomic E-state index is 12.4. The molecule has 0 aromatic carbocycles. The first-order valence-electron chi connectivity index (χ1n) is 9.29. The lowest BCUT2D eigenvalue weighted by atomic mass is 10.1. The van der Waals surface area contributed by atoms with E-state index in [4.69, 9.17) is 26.2 Å². The minimum absolute atomic E-state index is 0.243. The predicted octanol–water partition coefficient (Wildman–Crippen LogP) is -2.92. The summed E-state index contributed by atoms with van der Waals surface area (Å²) in [6, 6.07) is -5.87. The molecule has 0 rings (SSSR count). The average Bonchev–Trinajstić information content (AvgIpc) is 2.67. The van der Waals surface area contributed by atoms with Crippen LogP contribution in [0.5, 0.6) is 0 Å². The van der Waals surface area contributed by atoms with Gasteiger partial charge in [0, 0.05) is 12.8 Å². The molecule has 4 atom stereocenters. The number of carbonyl (C=O) groups is 7. The van der Waals surface area contributed by atoms with E-state index in [1.54, 1.807) is 0 Å². The molecule has 9 N–H and O–H groups in total. The van der Waals surface area contributed by atoms with Gasteiger partial charge in [-0.15, -0.1) is 0 Å². The lowest BCUT2D eigenvalue weighted by Gasteiger charge is -2.23. The Morgan fingerprint density at radius 2 is 1.19 bits per heavy atom. The molecule has 32 heavy (non-hydrogen) atoms. The highest BCUT2D eigenvalue weighted by Crippen LogP contribution is 2.03. The van der Waals surface area contributed by atoms with Gasteiger partial charge in [-0.2, -0.15) is 0 Å². The van der Waals surface area contributed by atoms with Crippen molar-refractivity contribution in [2.24, 2.45) is 5.73 Å². The van der Waals surface area contributed by atoms with Crippen LogP contribution in [-0.4, -0.2) is 86.2 Å². The number of nitrogens with one attached hydrogen (secondary N) is 3. The number of hydrogen-bond donors (Lipinski definition) is 8. The van der Waals surface area contributed by atoms with Gasteiger partial charge in [-0.05, 0) is 19.8 Å². The number of aliphatic carboxylic acids is 4. The summed E-state index contributed by atoms with van der Waals surface area (Å²) in [6.45, 7) is 1.15. The zero-order valence-corrected chi connectivity index (χ0v) is 17.1. The van der Waals surface area contributed by atoms with Gasteiger partial charge in [-0.3, -0.25) is 28.8 Å². The molecular weight excluding hydrogens is 436 g/mol. The van der Waals surface area contributed by atoms with E-state index < -0.39 is 85.0 Å². The third kappa shape index (κ3) is 11.4. The molecular formula is C17H26N4O11. The molecule has 0 bridgehead atoms. The van der Waals surface area contributed by atoms with Crippen molar-refractivity contribution in [2.75, 3.05) is 0 Å². The number of nitrogens with two attached hydrogens (primary N) is 1. The monoisotopic (exact) mass is 462 g/mol. The molecule has 0 saturated carbocycles. The van der Waals surface area contributed by atoms with Crippen molar-refractivity contribution in [3.8, 4) is 0 Å². The molecule has 0 aliphatic heterocycles. The first kappa shape index (κ1) is 28.2. The number of rotatable bonds is 15. The number of amides is 3.